The number of hydrogen-bond acceptors (Lipinski definition) is 2. The summed E-state index contributed by atoms with van der Waals surface area (Å²) in [5.41, 5.74) is 3.07. The first kappa shape index (κ1) is 10.4. The van der Waals surface area contributed by atoms with E-state index in [1.165, 1.54) is 0 Å². The summed E-state index contributed by atoms with van der Waals surface area (Å²) in [5.74, 6) is 0.319. The van der Waals surface area contributed by atoms with Gasteiger partial charge in [-0.05, 0) is 31.9 Å². The fourth-order valence-corrected chi connectivity index (χ4v) is 1.96. The highest BCUT2D eigenvalue weighted by Gasteiger charge is 2.25. The molecule has 1 unspecified atom stereocenters. The minimum atomic E-state index is 0.0745. The summed E-state index contributed by atoms with van der Waals surface area (Å²) < 4.78 is 5.25. The fraction of sp³-hybridized carbons (Fsp3) is 0.462. The molecule has 15 heavy (non-hydrogen) atoms. The van der Waals surface area contributed by atoms with Crippen LogP contribution in [0, 0.1) is 19.8 Å². The summed E-state index contributed by atoms with van der Waals surface area (Å²) in [6.45, 7) is 5.32. The van der Waals surface area contributed by atoms with Gasteiger partial charge in [0.05, 0.1) is 6.61 Å². The number of rotatable bonds is 2. The zero-order valence-corrected chi connectivity index (χ0v) is 9.25. The molecule has 80 valence electrons. The Hall–Kier alpha value is -1.15. The average molecular weight is 204 g/mol. The van der Waals surface area contributed by atoms with E-state index >= 15 is 0 Å². The van der Waals surface area contributed by atoms with Crippen molar-refractivity contribution in [2.45, 2.75) is 20.3 Å². The predicted molar refractivity (Wildman–Crippen MR) is 59.2 cm³/mol. The van der Waals surface area contributed by atoms with Crippen molar-refractivity contribution in [2.75, 3.05) is 13.2 Å². The van der Waals surface area contributed by atoms with Crippen LogP contribution in [0.2, 0.25) is 0 Å². The molecule has 2 rings (SSSR count). The number of ketones is 1. The Morgan fingerprint density at radius 1 is 1.40 bits per heavy atom. The molecule has 1 fully saturated rings. The summed E-state index contributed by atoms with van der Waals surface area (Å²) in [6.07, 6.45) is 0.867. The van der Waals surface area contributed by atoms with Crippen molar-refractivity contribution < 1.29 is 9.53 Å². The fourth-order valence-electron chi connectivity index (χ4n) is 1.96. The molecule has 0 saturated carbocycles. The van der Waals surface area contributed by atoms with Crippen LogP contribution >= 0.6 is 0 Å². The third-order valence-corrected chi connectivity index (χ3v) is 2.96. The Balaban J connectivity index is 2.27. The zero-order chi connectivity index (χ0) is 10.8. The van der Waals surface area contributed by atoms with Gasteiger partial charge in [0.2, 0.25) is 0 Å². The molecule has 1 heterocycles. The second-order valence-electron chi connectivity index (χ2n) is 4.24. The van der Waals surface area contributed by atoms with Gasteiger partial charge in [0.1, 0.15) is 0 Å². The Kier molecular flexibility index (Phi) is 2.87. The molecular weight excluding hydrogens is 188 g/mol. The quantitative estimate of drug-likeness (QED) is 0.692. The molecule has 1 aromatic carbocycles. The van der Waals surface area contributed by atoms with Crippen LogP contribution in [-0.2, 0) is 4.74 Å². The van der Waals surface area contributed by atoms with Crippen molar-refractivity contribution in [3.8, 4) is 0 Å². The van der Waals surface area contributed by atoms with E-state index in [2.05, 4.69) is 0 Å². The number of carbonyl (C=O) groups excluding carboxylic acids is 1. The molecule has 2 nitrogen and oxygen atoms in total. The molecule has 1 saturated heterocycles. The lowest BCUT2D eigenvalue weighted by Gasteiger charge is -2.10. The predicted octanol–water partition coefficient (Wildman–Crippen LogP) is 2.52. The van der Waals surface area contributed by atoms with Gasteiger partial charge >= 0.3 is 0 Å². The van der Waals surface area contributed by atoms with E-state index in [9.17, 15) is 4.79 Å². The van der Waals surface area contributed by atoms with Crippen LogP contribution in [0.5, 0.6) is 0 Å². The number of hydrogen-bond donors (Lipinski definition) is 0. The van der Waals surface area contributed by atoms with Crippen LogP contribution in [0.25, 0.3) is 0 Å². The van der Waals surface area contributed by atoms with Crippen molar-refractivity contribution in [1.82, 2.24) is 0 Å². The lowest BCUT2D eigenvalue weighted by atomic mass is 9.93. The maximum atomic E-state index is 12.1. The van der Waals surface area contributed by atoms with Crippen molar-refractivity contribution in [1.29, 1.82) is 0 Å². The van der Waals surface area contributed by atoms with Crippen molar-refractivity contribution in [3.05, 3.63) is 34.9 Å². The van der Waals surface area contributed by atoms with Gasteiger partial charge in [-0.3, -0.25) is 4.79 Å². The van der Waals surface area contributed by atoms with Crippen molar-refractivity contribution in [3.63, 3.8) is 0 Å². The monoisotopic (exact) mass is 204 g/mol. The zero-order valence-electron chi connectivity index (χ0n) is 9.25. The SMILES string of the molecule is Cc1ccc(C)c(C(=O)C2CCOC2)c1. The molecule has 2 heteroatoms. The van der Waals surface area contributed by atoms with Crippen LogP contribution in [0.3, 0.4) is 0 Å². The molecule has 0 spiro atoms. The van der Waals surface area contributed by atoms with Gasteiger partial charge in [-0.15, -0.1) is 0 Å². The second kappa shape index (κ2) is 4.15. The van der Waals surface area contributed by atoms with Gasteiger partial charge < -0.3 is 4.74 Å². The third kappa shape index (κ3) is 2.10. The first-order valence-corrected chi connectivity index (χ1v) is 5.37. The summed E-state index contributed by atoms with van der Waals surface area (Å²) in [7, 11) is 0. The molecule has 0 radical (unpaired) electrons. The minimum absolute atomic E-state index is 0.0745. The molecule has 0 N–H and O–H groups in total. The van der Waals surface area contributed by atoms with Gasteiger partial charge in [0.25, 0.3) is 0 Å². The average Bonchev–Trinajstić information content (AvgIpc) is 2.74. The largest absolute Gasteiger partial charge is 0.381 e. The van der Waals surface area contributed by atoms with Crippen LogP contribution in [0.4, 0.5) is 0 Å². The Labute approximate surface area is 90.3 Å². The number of benzene rings is 1. The van der Waals surface area contributed by atoms with Crippen LogP contribution in [-0.4, -0.2) is 19.0 Å². The maximum Gasteiger partial charge on any atom is 0.168 e. The lowest BCUT2D eigenvalue weighted by molar-refractivity contribution is 0.0899. The molecular formula is C13H16O2. The topological polar surface area (TPSA) is 26.3 Å². The van der Waals surface area contributed by atoms with Crippen LogP contribution in [0.15, 0.2) is 18.2 Å². The van der Waals surface area contributed by atoms with Gasteiger partial charge in [0, 0.05) is 18.1 Å². The Morgan fingerprint density at radius 3 is 2.87 bits per heavy atom. The highest BCUT2D eigenvalue weighted by Crippen LogP contribution is 2.21. The summed E-state index contributed by atoms with van der Waals surface area (Å²) in [6, 6.07) is 6.03. The van der Waals surface area contributed by atoms with Gasteiger partial charge in [-0.2, -0.15) is 0 Å². The van der Waals surface area contributed by atoms with Gasteiger partial charge in [-0.1, -0.05) is 17.7 Å². The smallest absolute Gasteiger partial charge is 0.168 e. The van der Waals surface area contributed by atoms with Crippen LogP contribution in [0.1, 0.15) is 27.9 Å². The van der Waals surface area contributed by atoms with Gasteiger partial charge in [-0.25, -0.2) is 0 Å². The van der Waals surface area contributed by atoms with E-state index in [0.717, 1.165) is 29.7 Å². The first-order chi connectivity index (χ1) is 7.18. The van der Waals surface area contributed by atoms with E-state index in [1.807, 2.05) is 32.0 Å². The molecule has 1 aliphatic heterocycles. The van der Waals surface area contributed by atoms with Crippen LogP contribution < -0.4 is 0 Å². The molecule has 0 aliphatic carbocycles. The highest BCUT2D eigenvalue weighted by molar-refractivity contribution is 5.99. The van der Waals surface area contributed by atoms with E-state index in [1.54, 1.807) is 0 Å². The number of ether oxygens (including phenoxy) is 1. The standard InChI is InChI=1S/C13H16O2/c1-9-3-4-10(2)12(7-9)13(14)11-5-6-15-8-11/h3-4,7,11H,5-6,8H2,1-2H3. The van der Waals surface area contributed by atoms with E-state index < -0.39 is 0 Å². The maximum absolute atomic E-state index is 12.1. The molecule has 0 aromatic heterocycles. The summed E-state index contributed by atoms with van der Waals surface area (Å²) in [5, 5.41) is 0. The molecule has 1 aromatic rings. The minimum Gasteiger partial charge on any atom is -0.381 e. The second-order valence-corrected chi connectivity index (χ2v) is 4.24. The third-order valence-electron chi connectivity index (χ3n) is 2.96. The van der Waals surface area contributed by atoms with E-state index in [4.69, 9.17) is 4.74 Å². The normalized spacial score (nSPS) is 20.5. The summed E-state index contributed by atoms with van der Waals surface area (Å²) in [4.78, 5) is 12.1. The van der Waals surface area contributed by atoms with Gasteiger partial charge in [0.15, 0.2) is 5.78 Å². The summed E-state index contributed by atoms with van der Waals surface area (Å²) >= 11 is 0. The molecule has 0 bridgehead atoms. The molecule has 0 amide bonds. The molecule has 1 atom stereocenters. The lowest BCUT2D eigenvalue weighted by Crippen LogP contribution is -2.15. The molecule has 1 aliphatic rings. The van der Waals surface area contributed by atoms with Crippen molar-refractivity contribution in [2.24, 2.45) is 5.92 Å². The highest BCUT2D eigenvalue weighted by atomic mass is 16.5. The number of carbonyl (C=O) groups is 1. The van der Waals surface area contributed by atoms with Crippen molar-refractivity contribution >= 4 is 5.78 Å². The first-order valence-electron chi connectivity index (χ1n) is 5.37. The van der Waals surface area contributed by atoms with E-state index in [-0.39, 0.29) is 11.7 Å². The number of aryl methyl sites for hydroxylation is 2. The Morgan fingerprint density at radius 2 is 2.20 bits per heavy atom. The number of Topliss-reactive ketones (excluding diaryl/α,β-unsaturated/α-hetero) is 1. The van der Waals surface area contributed by atoms with E-state index in [0.29, 0.717) is 6.61 Å². The Bertz CT molecular complexity index is 376.